The normalized spacial score (nSPS) is 13.6. The van der Waals surface area contributed by atoms with E-state index in [1.807, 2.05) is 36.4 Å². The number of nitrogens with zero attached hydrogens (tertiary/aromatic N) is 3. The topological polar surface area (TPSA) is 73.9 Å². The molecule has 136 valence electrons. The lowest BCUT2D eigenvalue weighted by atomic mass is 10.0. The van der Waals surface area contributed by atoms with Gasteiger partial charge in [-0.2, -0.15) is 14.9 Å². The van der Waals surface area contributed by atoms with Crippen molar-refractivity contribution in [1.29, 1.82) is 5.26 Å². The first-order valence-corrected chi connectivity index (χ1v) is 9.44. The highest BCUT2D eigenvalue weighted by Gasteiger charge is 2.31. The predicted molar refractivity (Wildman–Crippen MR) is 108 cm³/mol. The number of nitriles is 1. The summed E-state index contributed by atoms with van der Waals surface area (Å²) in [4.78, 5) is 16.2. The zero-order valence-corrected chi connectivity index (χ0v) is 15.6. The number of rotatable bonds is 3. The molecule has 1 N–H and O–H groups in total. The largest absolute Gasteiger partial charge is 0.339 e. The molecule has 1 aliphatic carbocycles. The van der Waals surface area contributed by atoms with Crippen LogP contribution in [0.5, 0.6) is 0 Å². The van der Waals surface area contributed by atoms with Crippen LogP contribution in [0.15, 0.2) is 59.4 Å². The van der Waals surface area contributed by atoms with Crippen molar-refractivity contribution in [3.63, 3.8) is 0 Å². The van der Waals surface area contributed by atoms with Gasteiger partial charge in [-0.3, -0.25) is 4.79 Å². The molecule has 1 aliphatic rings. The van der Waals surface area contributed by atoms with Crippen molar-refractivity contribution in [3.05, 3.63) is 81.2 Å². The highest BCUT2D eigenvalue weighted by molar-refractivity contribution is 6.30. The van der Waals surface area contributed by atoms with Crippen LogP contribution in [0.25, 0.3) is 28.0 Å². The molecule has 0 amide bonds. The van der Waals surface area contributed by atoms with Gasteiger partial charge in [0.15, 0.2) is 0 Å². The molecule has 2 aromatic heterocycles. The molecule has 0 aliphatic heterocycles. The van der Waals surface area contributed by atoms with Crippen LogP contribution < -0.4 is 5.56 Å². The minimum absolute atomic E-state index is 0.201. The molecule has 0 bridgehead atoms. The third-order valence-electron chi connectivity index (χ3n) is 5.04. The molecule has 0 unspecified atom stereocenters. The van der Waals surface area contributed by atoms with Crippen LogP contribution in [-0.4, -0.2) is 14.6 Å². The fourth-order valence-electron chi connectivity index (χ4n) is 3.51. The monoisotopic (exact) mass is 386 g/mol. The summed E-state index contributed by atoms with van der Waals surface area (Å²) in [6, 6.07) is 18.4. The van der Waals surface area contributed by atoms with E-state index in [-0.39, 0.29) is 5.56 Å². The Balaban J connectivity index is 1.79. The van der Waals surface area contributed by atoms with Crippen LogP contribution in [0.3, 0.4) is 0 Å². The molecule has 5 rings (SSSR count). The smallest absolute Gasteiger partial charge is 0.274 e. The fourth-order valence-corrected chi connectivity index (χ4v) is 3.64. The maximum absolute atomic E-state index is 12.8. The van der Waals surface area contributed by atoms with Gasteiger partial charge < -0.3 is 4.98 Å². The van der Waals surface area contributed by atoms with E-state index < -0.39 is 0 Å². The molecule has 2 heterocycles. The van der Waals surface area contributed by atoms with Gasteiger partial charge in [0.05, 0.1) is 23.0 Å². The molecule has 5 nitrogen and oxygen atoms in total. The minimum Gasteiger partial charge on any atom is -0.339 e. The number of aromatic amines is 1. The van der Waals surface area contributed by atoms with Crippen LogP contribution in [0, 0.1) is 11.3 Å². The first kappa shape index (κ1) is 16.8. The summed E-state index contributed by atoms with van der Waals surface area (Å²) >= 11 is 6.06. The molecular formula is C22H15ClN4O. The van der Waals surface area contributed by atoms with Gasteiger partial charge in [0.25, 0.3) is 5.56 Å². The predicted octanol–water partition coefficient (Wildman–Crippen LogP) is 4.76. The van der Waals surface area contributed by atoms with Crippen LogP contribution in [0.1, 0.15) is 30.0 Å². The lowest BCUT2D eigenvalue weighted by Crippen LogP contribution is -2.14. The molecule has 0 saturated heterocycles. The summed E-state index contributed by atoms with van der Waals surface area (Å²) in [6.07, 6.45) is 2.16. The number of nitrogens with one attached hydrogen (secondary N) is 1. The van der Waals surface area contributed by atoms with Crippen molar-refractivity contribution in [2.24, 2.45) is 0 Å². The zero-order valence-electron chi connectivity index (χ0n) is 14.8. The minimum atomic E-state index is -0.201. The van der Waals surface area contributed by atoms with Gasteiger partial charge >= 0.3 is 0 Å². The Hall–Kier alpha value is -3.36. The quantitative estimate of drug-likeness (QED) is 0.551. The van der Waals surface area contributed by atoms with Gasteiger partial charge in [-0.15, -0.1) is 0 Å². The average Bonchev–Trinajstić information content (AvgIpc) is 3.49. The lowest BCUT2D eigenvalue weighted by Gasteiger charge is -2.06. The molecule has 0 atom stereocenters. The van der Waals surface area contributed by atoms with Gasteiger partial charge in [0, 0.05) is 22.6 Å². The lowest BCUT2D eigenvalue weighted by molar-refractivity contribution is 0.855. The average molecular weight is 387 g/mol. The fraction of sp³-hybridized carbons (Fsp3) is 0.136. The van der Waals surface area contributed by atoms with Crippen molar-refractivity contribution in [2.75, 3.05) is 0 Å². The van der Waals surface area contributed by atoms with Crippen LogP contribution >= 0.6 is 11.6 Å². The molecule has 1 saturated carbocycles. The van der Waals surface area contributed by atoms with Gasteiger partial charge in [0.2, 0.25) is 0 Å². The third-order valence-corrected chi connectivity index (χ3v) is 5.29. The van der Waals surface area contributed by atoms with Crippen molar-refractivity contribution in [3.8, 4) is 28.5 Å². The van der Waals surface area contributed by atoms with Crippen molar-refractivity contribution < 1.29 is 0 Å². The number of fused-ring (bicyclic) bond motifs is 1. The van der Waals surface area contributed by atoms with E-state index in [9.17, 15) is 10.1 Å². The van der Waals surface area contributed by atoms with Crippen molar-refractivity contribution in [2.45, 2.75) is 18.8 Å². The number of halogens is 1. The molecule has 28 heavy (non-hydrogen) atoms. The number of aromatic nitrogens is 3. The molecule has 0 radical (unpaired) electrons. The van der Waals surface area contributed by atoms with E-state index >= 15 is 0 Å². The van der Waals surface area contributed by atoms with Crippen LogP contribution in [0.4, 0.5) is 0 Å². The first-order valence-electron chi connectivity index (χ1n) is 9.06. The Morgan fingerprint density at radius 3 is 2.61 bits per heavy atom. The van der Waals surface area contributed by atoms with Gasteiger partial charge in [-0.25, -0.2) is 0 Å². The third kappa shape index (κ3) is 2.79. The van der Waals surface area contributed by atoms with E-state index in [4.69, 9.17) is 11.6 Å². The Labute approximate surface area is 165 Å². The molecule has 0 spiro atoms. The van der Waals surface area contributed by atoms with E-state index in [0.29, 0.717) is 27.8 Å². The SMILES string of the molecule is N#Cc1cccc(-c2cc(=O)n3nc(C4CC4)c(-c4ccc(Cl)cc4)c3[nH]2)c1. The second-order valence-corrected chi connectivity index (χ2v) is 7.45. The Morgan fingerprint density at radius 2 is 1.89 bits per heavy atom. The maximum Gasteiger partial charge on any atom is 0.274 e. The molecule has 1 fully saturated rings. The number of hydrogen-bond acceptors (Lipinski definition) is 3. The Bertz CT molecular complexity index is 1310. The van der Waals surface area contributed by atoms with Crippen molar-refractivity contribution >= 4 is 17.2 Å². The molecule has 2 aromatic carbocycles. The molecular weight excluding hydrogens is 372 g/mol. The number of H-pyrrole nitrogens is 1. The molecule has 6 heteroatoms. The number of hydrogen-bond donors (Lipinski definition) is 1. The molecule has 4 aromatic rings. The Kier molecular flexibility index (Phi) is 3.81. The van der Waals surface area contributed by atoms with E-state index in [1.165, 1.54) is 10.6 Å². The first-order chi connectivity index (χ1) is 13.6. The standard InChI is InChI=1S/C22H15ClN4O/c23-17-8-6-14(7-9-17)20-21(15-4-5-15)26-27-19(28)11-18(25-22(20)27)16-3-1-2-13(10-16)12-24/h1-3,6-11,15,25H,4-5H2. The van der Waals surface area contributed by atoms with E-state index in [2.05, 4.69) is 16.2 Å². The van der Waals surface area contributed by atoms with Crippen molar-refractivity contribution in [1.82, 2.24) is 14.6 Å². The summed E-state index contributed by atoms with van der Waals surface area (Å²) in [7, 11) is 0. The van der Waals surface area contributed by atoms with E-state index in [1.54, 1.807) is 12.1 Å². The second-order valence-electron chi connectivity index (χ2n) is 7.02. The second kappa shape index (κ2) is 6.36. The summed E-state index contributed by atoms with van der Waals surface area (Å²) in [5, 5.41) is 14.5. The highest BCUT2D eigenvalue weighted by Crippen LogP contribution is 2.45. The summed E-state index contributed by atoms with van der Waals surface area (Å²) < 4.78 is 1.44. The maximum atomic E-state index is 12.8. The van der Waals surface area contributed by atoms with E-state index in [0.717, 1.165) is 35.2 Å². The Morgan fingerprint density at radius 1 is 1.11 bits per heavy atom. The highest BCUT2D eigenvalue weighted by atomic mass is 35.5. The number of benzene rings is 2. The van der Waals surface area contributed by atoms with Gasteiger partial charge in [0.1, 0.15) is 5.65 Å². The van der Waals surface area contributed by atoms with Gasteiger partial charge in [-0.1, -0.05) is 35.9 Å². The zero-order chi connectivity index (χ0) is 19.3. The summed E-state index contributed by atoms with van der Waals surface area (Å²) in [6.45, 7) is 0. The van der Waals surface area contributed by atoms with Gasteiger partial charge in [-0.05, 0) is 48.2 Å². The van der Waals surface area contributed by atoms with Crippen LogP contribution in [0.2, 0.25) is 5.02 Å². The van der Waals surface area contributed by atoms with Crippen LogP contribution in [-0.2, 0) is 0 Å². The summed E-state index contributed by atoms with van der Waals surface area (Å²) in [5.41, 5.74) is 5.31. The summed E-state index contributed by atoms with van der Waals surface area (Å²) in [5.74, 6) is 0.378.